The summed E-state index contributed by atoms with van der Waals surface area (Å²) in [6, 6.07) is 9.62. The second-order valence-electron chi connectivity index (χ2n) is 6.52. The molecular formula is C19H24N3O8PS. The average Bonchev–Trinajstić information content (AvgIpc) is 2.72. The first-order valence-electron chi connectivity index (χ1n) is 9.55. The number of carbonyl (C=O) groups excluding carboxylic acids is 1. The summed E-state index contributed by atoms with van der Waals surface area (Å²) in [5, 5.41) is 13.4. The number of hydrogen-bond donors (Lipinski definition) is 2. The van der Waals surface area contributed by atoms with Gasteiger partial charge in [-0.3, -0.25) is 14.7 Å². The zero-order valence-electron chi connectivity index (χ0n) is 17.7. The van der Waals surface area contributed by atoms with Crippen molar-refractivity contribution in [2.45, 2.75) is 31.4 Å². The summed E-state index contributed by atoms with van der Waals surface area (Å²) in [4.78, 5) is 22.9. The summed E-state index contributed by atoms with van der Waals surface area (Å²) in [6.45, 7) is 4.79. The highest BCUT2D eigenvalue weighted by Gasteiger charge is 2.39. The van der Waals surface area contributed by atoms with Crippen LogP contribution < -0.4 is 10.0 Å². The van der Waals surface area contributed by atoms with Crippen LogP contribution in [0.15, 0.2) is 53.4 Å². The van der Waals surface area contributed by atoms with Crippen LogP contribution in [0.5, 0.6) is 0 Å². The lowest BCUT2D eigenvalue weighted by Gasteiger charge is -2.27. The number of nitrogens with one attached hydrogen (secondary N) is 2. The lowest BCUT2D eigenvalue weighted by molar-refractivity contribution is -0.384. The molecule has 11 nitrogen and oxygen atoms in total. The van der Waals surface area contributed by atoms with Crippen LogP contribution >= 0.6 is 7.60 Å². The van der Waals surface area contributed by atoms with E-state index >= 15 is 0 Å². The smallest absolute Gasteiger partial charge is 0.319 e. The van der Waals surface area contributed by atoms with Crippen molar-refractivity contribution < 1.29 is 31.7 Å². The van der Waals surface area contributed by atoms with Crippen molar-refractivity contribution in [3.05, 3.63) is 69.8 Å². The molecule has 32 heavy (non-hydrogen) atoms. The zero-order chi connectivity index (χ0) is 23.9. The standard InChI is InChI=1S/C19H24N3O8PS/c1-4-29-31(26,30-5-2)18(15-7-6-8-16(13-15)22(24)25)20-19(23)21-32(27,28)17-11-9-14(3)10-12-17/h6-13,18H,4-5H2,1-3H3,(H2,20,21,23). The Labute approximate surface area is 185 Å². The van der Waals surface area contributed by atoms with Gasteiger partial charge in [-0.25, -0.2) is 17.9 Å². The van der Waals surface area contributed by atoms with Crippen LogP contribution in [0.4, 0.5) is 10.5 Å². The van der Waals surface area contributed by atoms with Gasteiger partial charge in [0.25, 0.3) is 15.7 Å². The topological polar surface area (TPSA) is 154 Å². The molecule has 13 heteroatoms. The molecule has 0 aliphatic heterocycles. The molecule has 2 aromatic carbocycles. The molecule has 0 spiro atoms. The summed E-state index contributed by atoms with van der Waals surface area (Å²) in [6.07, 6.45) is 0. The van der Waals surface area contributed by atoms with Crippen LogP contribution in [0.1, 0.15) is 30.8 Å². The highest BCUT2D eigenvalue weighted by atomic mass is 32.2. The molecule has 174 valence electrons. The van der Waals surface area contributed by atoms with Crippen LogP contribution in [0.2, 0.25) is 0 Å². The summed E-state index contributed by atoms with van der Waals surface area (Å²) >= 11 is 0. The van der Waals surface area contributed by atoms with E-state index in [0.29, 0.717) is 0 Å². The summed E-state index contributed by atoms with van der Waals surface area (Å²) in [7, 11) is -8.33. The number of sulfonamides is 1. The van der Waals surface area contributed by atoms with Crippen molar-refractivity contribution in [1.29, 1.82) is 0 Å². The Kier molecular flexibility index (Phi) is 8.51. The normalized spacial score (nSPS) is 12.7. The molecule has 0 saturated heterocycles. The van der Waals surface area contributed by atoms with E-state index in [1.165, 1.54) is 30.3 Å². The van der Waals surface area contributed by atoms with Crippen LogP contribution in [-0.2, 0) is 23.6 Å². The number of rotatable bonds is 10. The van der Waals surface area contributed by atoms with Gasteiger partial charge in [0.1, 0.15) is 0 Å². The Bertz CT molecular complexity index is 1110. The molecule has 1 unspecified atom stereocenters. The molecule has 2 aromatic rings. The fraction of sp³-hybridized carbons (Fsp3) is 0.316. The van der Waals surface area contributed by atoms with E-state index in [1.54, 1.807) is 32.9 Å². The Morgan fingerprint density at radius 1 is 1.12 bits per heavy atom. The van der Waals surface area contributed by atoms with Gasteiger partial charge in [-0.05, 0) is 38.5 Å². The van der Waals surface area contributed by atoms with Gasteiger partial charge >= 0.3 is 13.6 Å². The first kappa shape index (κ1) is 25.5. The molecule has 2 rings (SSSR count). The predicted octanol–water partition coefficient (Wildman–Crippen LogP) is 3.86. The SMILES string of the molecule is CCOP(=O)(OCC)C(NC(=O)NS(=O)(=O)c1ccc(C)cc1)c1cccc([N+](=O)[O-])c1. The summed E-state index contributed by atoms with van der Waals surface area (Å²) in [5.41, 5.74) is 0.558. The minimum atomic E-state index is -4.24. The van der Waals surface area contributed by atoms with Crippen LogP contribution in [0, 0.1) is 17.0 Å². The quantitative estimate of drug-likeness (QED) is 0.292. The second kappa shape index (κ2) is 10.7. The highest BCUT2D eigenvalue weighted by molar-refractivity contribution is 7.90. The molecule has 0 saturated carbocycles. The van der Waals surface area contributed by atoms with Gasteiger partial charge in [0.2, 0.25) is 0 Å². The van der Waals surface area contributed by atoms with Gasteiger partial charge < -0.3 is 14.4 Å². The molecule has 2 N–H and O–H groups in total. The largest absolute Gasteiger partial charge is 0.357 e. The molecule has 0 aliphatic rings. The number of urea groups is 1. The van der Waals surface area contributed by atoms with Gasteiger partial charge in [-0.2, -0.15) is 0 Å². The maximum Gasteiger partial charge on any atom is 0.357 e. The fourth-order valence-electron chi connectivity index (χ4n) is 2.75. The minimum absolute atomic E-state index is 0.0479. The first-order chi connectivity index (χ1) is 15.0. The summed E-state index contributed by atoms with van der Waals surface area (Å²) in [5.74, 6) is -1.50. The fourth-order valence-corrected chi connectivity index (χ4v) is 5.56. The number of nitro groups is 1. The van der Waals surface area contributed by atoms with E-state index < -0.39 is 34.4 Å². The van der Waals surface area contributed by atoms with Gasteiger partial charge in [-0.1, -0.05) is 29.8 Å². The molecule has 0 aliphatic carbocycles. The van der Waals surface area contributed by atoms with Crippen LogP contribution in [0.25, 0.3) is 0 Å². The van der Waals surface area contributed by atoms with Crippen molar-refractivity contribution in [2.24, 2.45) is 0 Å². The monoisotopic (exact) mass is 485 g/mol. The molecule has 2 amide bonds. The van der Waals surface area contributed by atoms with Crippen molar-refractivity contribution in [1.82, 2.24) is 10.0 Å². The lowest BCUT2D eigenvalue weighted by Crippen LogP contribution is -2.41. The predicted molar refractivity (Wildman–Crippen MR) is 117 cm³/mol. The highest BCUT2D eigenvalue weighted by Crippen LogP contribution is 2.59. The number of hydrogen-bond acceptors (Lipinski definition) is 8. The number of non-ortho nitro benzene ring substituents is 1. The number of nitro benzene ring substituents is 1. The van der Waals surface area contributed by atoms with E-state index in [9.17, 15) is 27.9 Å². The first-order valence-corrected chi connectivity index (χ1v) is 12.6. The third-order valence-corrected chi connectivity index (χ3v) is 7.80. The molecule has 0 radical (unpaired) electrons. The molecule has 0 fully saturated rings. The molecule has 0 heterocycles. The molecular weight excluding hydrogens is 461 g/mol. The number of aryl methyl sites for hydroxylation is 1. The van der Waals surface area contributed by atoms with Gasteiger partial charge in [0, 0.05) is 12.1 Å². The van der Waals surface area contributed by atoms with E-state index in [-0.39, 0.29) is 29.4 Å². The Morgan fingerprint density at radius 3 is 2.25 bits per heavy atom. The number of amides is 2. The van der Waals surface area contributed by atoms with E-state index in [0.717, 1.165) is 11.6 Å². The van der Waals surface area contributed by atoms with E-state index in [1.807, 2.05) is 4.72 Å². The van der Waals surface area contributed by atoms with Crippen LogP contribution in [0.3, 0.4) is 0 Å². The lowest BCUT2D eigenvalue weighted by atomic mass is 10.2. The minimum Gasteiger partial charge on any atom is -0.319 e. The van der Waals surface area contributed by atoms with Gasteiger partial charge in [0.15, 0.2) is 5.78 Å². The zero-order valence-corrected chi connectivity index (χ0v) is 19.4. The number of benzene rings is 2. The average molecular weight is 485 g/mol. The van der Waals surface area contributed by atoms with Gasteiger partial charge in [-0.15, -0.1) is 0 Å². The maximum absolute atomic E-state index is 13.4. The van der Waals surface area contributed by atoms with Crippen molar-refractivity contribution in [3.63, 3.8) is 0 Å². The van der Waals surface area contributed by atoms with Gasteiger partial charge in [0.05, 0.1) is 23.0 Å². The van der Waals surface area contributed by atoms with Crippen molar-refractivity contribution in [3.8, 4) is 0 Å². The Morgan fingerprint density at radius 2 is 1.72 bits per heavy atom. The van der Waals surface area contributed by atoms with E-state index in [4.69, 9.17) is 9.05 Å². The van der Waals surface area contributed by atoms with Crippen LogP contribution in [-0.4, -0.2) is 32.6 Å². The molecule has 1 atom stereocenters. The molecule has 0 bridgehead atoms. The Hall–Kier alpha value is -2.79. The molecule has 0 aromatic heterocycles. The number of carbonyl (C=O) groups is 1. The van der Waals surface area contributed by atoms with Crippen molar-refractivity contribution in [2.75, 3.05) is 13.2 Å². The third-order valence-electron chi connectivity index (χ3n) is 4.16. The van der Waals surface area contributed by atoms with E-state index in [2.05, 4.69) is 5.32 Å². The number of nitrogens with zero attached hydrogens (tertiary/aromatic N) is 1. The Balaban J connectivity index is 2.40. The maximum atomic E-state index is 13.4. The second-order valence-corrected chi connectivity index (χ2v) is 10.3. The summed E-state index contributed by atoms with van der Waals surface area (Å²) < 4.78 is 50.9. The third kappa shape index (κ3) is 6.36. The van der Waals surface area contributed by atoms with Crippen molar-refractivity contribution >= 4 is 29.3 Å².